The smallest absolute Gasteiger partial charge is 0.269 e. The molecule has 0 bridgehead atoms. The van der Waals surface area contributed by atoms with Crippen LogP contribution in [-0.2, 0) is 21.4 Å². The number of hydrogen-bond donors (Lipinski definition) is 0. The van der Waals surface area contributed by atoms with Gasteiger partial charge >= 0.3 is 0 Å². The molecule has 1 aliphatic heterocycles. The molecule has 0 unspecified atom stereocenters. The van der Waals surface area contributed by atoms with Gasteiger partial charge in [-0.05, 0) is 23.8 Å². The van der Waals surface area contributed by atoms with Gasteiger partial charge in [-0.15, -0.1) is 0 Å². The monoisotopic (exact) mass is 448 g/mol. The molecule has 1 amide bonds. The molecule has 2 aromatic carbocycles. The van der Waals surface area contributed by atoms with Crippen molar-refractivity contribution in [2.45, 2.75) is 11.4 Å². The Morgan fingerprint density at radius 1 is 1.13 bits per heavy atom. The number of rotatable bonds is 7. The fraction of sp³-hybridized carbons (Fsp3) is 0.350. The van der Waals surface area contributed by atoms with Gasteiger partial charge in [0.05, 0.1) is 16.9 Å². The average molecular weight is 449 g/mol. The van der Waals surface area contributed by atoms with Crippen LogP contribution >= 0.6 is 0 Å². The second kappa shape index (κ2) is 9.52. The van der Waals surface area contributed by atoms with Crippen LogP contribution in [0.2, 0.25) is 0 Å². The van der Waals surface area contributed by atoms with Crippen molar-refractivity contribution in [3.05, 3.63) is 69.8 Å². The number of amides is 1. The zero-order valence-corrected chi connectivity index (χ0v) is 18.1. The van der Waals surface area contributed by atoms with Crippen molar-refractivity contribution in [1.82, 2.24) is 14.3 Å². The zero-order valence-electron chi connectivity index (χ0n) is 17.3. The molecule has 3 rings (SSSR count). The number of nitrogens with zero attached hydrogens (tertiary/aromatic N) is 4. The van der Waals surface area contributed by atoms with Gasteiger partial charge in [-0.2, -0.15) is 0 Å². The third-order valence-electron chi connectivity index (χ3n) is 5.16. The van der Waals surface area contributed by atoms with E-state index in [1.807, 2.05) is 6.07 Å². The predicted molar refractivity (Wildman–Crippen MR) is 113 cm³/mol. The number of piperazine rings is 1. The topological polar surface area (TPSA) is 113 Å². The normalized spacial score (nSPS) is 15.3. The number of non-ortho nitro benzene ring substituents is 1. The summed E-state index contributed by atoms with van der Waals surface area (Å²) in [6.07, 6.45) is 0. The van der Waals surface area contributed by atoms with Crippen LogP contribution in [0.5, 0.6) is 0 Å². The lowest BCUT2D eigenvalue weighted by molar-refractivity contribution is -0.384. The van der Waals surface area contributed by atoms with E-state index in [2.05, 4.69) is 4.90 Å². The van der Waals surface area contributed by atoms with Gasteiger partial charge in [0.2, 0.25) is 0 Å². The first-order chi connectivity index (χ1) is 14.7. The number of hydroxylamine groups is 1. The summed E-state index contributed by atoms with van der Waals surface area (Å²) in [5.74, 6) is -0.243. The molecule has 0 saturated carbocycles. The summed E-state index contributed by atoms with van der Waals surface area (Å²) in [4.78, 5) is 32.0. The predicted octanol–water partition coefficient (Wildman–Crippen LogP) is 1.73. The maximum atomic E-state index is 12.9. The van der Waals surface area contributed by atoms with Crippen LogP contribution < -0.4 is 0 Å². The summed E-state index contributed by atoms with van der Waals surface area (Å²) >= 11 is 0. The molecule has 0 aliphatic carbocycles. The van der Waals surface area contributed by atoms with Crippen LogP contribution in [0.1, 0.15) is 15.9 Å². The molecule has 1 aliphatic rings. The van der Waals surface area contributed by atoms with Gasteiger partial charge in [0.15, 0.2) is 0 Å². The van der Waals surface area contributed by atoms with E-state index < -0.39 is 14.9 Å². The third kappa shape index (κ3) is 5.25. The Labute approximate surface area is 180 Å². The number of nitro benzene ring substituents is 1. The highest BCUT2D eigenvalue weighted by molar-refractivity contribution is 7.89. The highest BCUT2D eigenvalue weighted by Crippen LogP contribution is 2.19. The standard InChI is InChI=1S/C20H24N4O6S/c1-21(30-2)31(28,29)19-8-4-6-17(14-19)20(25)23-11-9-22(10-12-23)15-16-5-3-7-18(13-16)24(26)27/h3-8,13-14H,9-12,15H2,1-2H3. The van der Waals surface area contributed by atoms with Crippen molar-refractivity contribution in [2.24, 2.45) is 0 Å². The molecule has 11 heteroatoms. The summed E-state index contributed by atoms with van der Waals surface area (Å²) in [5, 5.41) is 10.9. The largest absolute Gasteiger partial charge is 0.336 e. The van der Waals surface area contributed by atoms with Crippen molar-refractivity contribution in [3.63, 3.8) is 0 Å². The molecule has 2 aromatic rings. The summed E-state index contributed by atoms with van der Waals surface area (Å²) in [7, 11) is -1.31. The van der Waals surface area contributed by atoms with E-state index in [1.54, 1.807) is 23.1 Å². The van der Waals surface area contributed by atoms with Gasteiger partial charge in [-0.3, -0.25) is 24.6 Å². The van der Waals surface area contributed by atoms with Crippen LogP contribution in [0.3, 0.4) is 0 Å². The maximum Gasteiger partial charge on any atom is 0.269 e. The van der Waals surface area contributed by atoms with Gasteiger partial charge in [0.1, 0.15) is 0 Å². The molecule has 0 atom stereocenters. The van der Waals surface area contributed by atoms with Crippen LogP contribution in [0.25, 0.3) is 0 Å². The number of carbonyl (C=O) groups excluding carboxylic acids is 1. The van der Waals surface area contributed by atoms with E-state index in [1.165, 1.54) is 38.4 Å². The number of carbonyl (C=O) groups is 1. The molecule has 0 N–H and O–H groups in total. The van der Waals surface area contributed by atoms with Gasteiger partial charge in [-0.1, -0.05) is 22.7 Å². The molecule has 0 aromatic heterocycles. The molecule has 1 fully saturated rings. The molecular weight excluding hydrogens is 424 g/mol. The Balaban J connectivity index is 1.64. The second-order valence-corrected chi connectivity index (χ2v) is 9.06. The highest BCUT2D eigenvalue weighted by atomic mass is 32.2. The third-order valence-corrected chi connectivity index (χ3v) is 6.84. The lowest BCUT2D eigenvalue weighted by Crippen LogP contribution is -2.48. The van der Waals surface area contributed by atoms with E-state index >= 15 is 0 Å². The van der Waals surface area contributed by atoms with Crippen LogP contribution in [0, 0.1) is 10.1 Å². The van der Waals surface area contributed by atoms with Crippen LogP contribution in [0.15, 0.2) is 53.4 Å². The Bertz CT molecular complexity index is 1070. The zero-order chi connectivity index (χ0) is 22.6. The molecule has 166 valence electrons. The van der Waals surface area contributed by atoms with Crippen molar-refractivity contribution in [3.8, 4) is 0 Å². The second-order valence-electron chi connectivity index (χ2n) is 7.12. The van der Waals surface area contributed by atoms with E-state index in [9.17, 15) is 23.3 Å². The Morgan fingerprint density at radius 3 is 2.45 bits per heavy atom. The average Bonchev–Trinajstić information content (AvgIpc) is 2.78. The van der Waals surface area contributed by atoms with Crippen molar-refractivity contribution in [1.29, 1.82) is 0 Å². The maximum absolute atomic E-state index is 12.9. The van der Waals surface area contributed by atoms with E-state index in [4.69, 9.17) is 4.84 Å². The van der Waals surface area contributed by atoms with E-state index in [-0.39, 0.29) is 22.1 Å². The molecule has 0 radical (unpaired) electrons. The molecule has 1 heterocycles. The lowest BCUT2D eigenvalue weighted by Gasteiger charge is -2.34. The molecule has 31 heavy (non-hydrogen) atoms. The number of nitro groups is 1. The van der Waals surface area contributed by atoms with Crippen molar-refractivity contribution < 1.29 is 23.0 Å². The van der Waals surface area contributed by atoms with Gasteiger partial charge in [0.25, 0.3) is 21.6 Å². The quantitative estimate of drug-likeness (QED) is 0.468. The molecule has 10 nitrogen and oxygen atoms in total. The minimum atomic E-state index is -3.84. The van der Waals surface area contributed by atoms with E-state index in [0.29, 0.717) is 32.7 Å². The first-order valence-corrected chi connectivity index (χ1v) is 11.0. The number of sulfonamides is 1. The van der Waals surface area contributed by atoms with Gasteiger partial charge < -0.3 is 4.90 Å². The lowest BCUT2D eigenvalue weighted by atomic mass is 10.1. The highest BCUT2D eigenvalue weighted by Gasteiger charge is 2.25. The first-order valence-electron chi connectivity index (χ1n) is 9.60. The summed E-state index contributed by atoms with van der Waals surface area (Å²) in [5.41, 5.74) is 1.19. The minimum absolute atomic E-state index is 0.0213. The fourth-order valence-electron chi connectivity index (χ4n) is 3.35. The Morgan fingerprint density at radius 2 is 1.81 bits per heavy atom. The van der Waals surface area contributed by atoms with Gasteiger partial charge in [-0.25, -0.2) is 8.42 Å². The number of hydrogen-bond acceptors (Lipinski definition) is 7. The molecule has 0 spiro atoms. The number of benzene rings is 2. The van der Waals surface area contributed by atoms with Crippen molar-refractivity contribution >= 4 is 21.6 Å². The Hall–Kier alpha value is -2.86. The van der Waals surface area contributed by atoms with Crippen molar-refractivity contribution in [2.75, 3.05) is 40.3 Å². The van der Waals surface area contributed by atoms with E-state index in [0.717, 1.165) is 10.0 Å². The van der Waals surface area contributed by atoms with Crippen LogP contribution in [-0.4, -0.2) is 73.9 Å². The summed E-state index contributed by atoms with van der Waals surface area (Å²) < 4.78 is 25.6. The Kier molecular flexibility index (Phi) is 7.01. The molecular formula is C20H24N4O6S. The van der Waals surface area contributed by atoms with Crippen LogP contribution in [0.4, 0.5) is 5.69 Å². The minimum Gasteiger partial charge on any atom is -0.336 e. The first kappa shape index (κ1) is 22.8. The SMILES string of the molecule is CON(C)S(=O)(=O)c1cccc(C(=O)N2CCN(Cc3cccc([N+](=O)[O-])c3)CC2)c1. The summed E-state index contributed by atoms with van der Waals surface area (Å²) in [6.45, 7) is 2.73. The fourth-order valence-corrected chi connectivity index (χ4v) is 4.37. The molecule has 1 saturated heterocycles. The van der Waals surface area contributed by atoms with Gasteiger partial charge in [0, 0.05) is 57.5 Å². The summed E-state index contributed by atoms with van der Waals surface area (Å²) in [6, 6.07) is 12.4.